The molecular formula is C22H25N5O2. The molecule has 0 radical (unpaired) electrons. The lowest BCUT2D eigenvalue weighted by Gasteiger charge is -2.17. The van der Waals surface area contributed by atoms with E-state index in [0.717, 1.165) is 48.1 Å². The van der Waals surface area contributed by atoms with Crippen molar-refractivity contribution in [2.75, 3.05) is 24.5 Å². The van der Waals surface area contributed by atoms with E-state index in [9.17, 15) is 9.59 Å². The fourth-order valence-electron chi connectivity index (χ4n) is 4.61. The van der Waals surface area contributed by atoms with E-state index >= 15 is 0 Å². The van der Waals surface area contributed by atoms with Gasteiger partial charge in [-0.05, 0) is 24.5 Å². The number of hydrogen-bond donors (Lipinski definition) is 0. The van der Waals surface area contributed by atoms with E-state index in [4.69, 9.17) is 0 Å². The lowest BCUT2D eigenvalue weighted by atomic mass is 10.1. The van der Waals surface area contributed by atoms with Crippen molar-refractivity contribution in [1.29, 1.82) is 0 Å². The van der Waals surface area contributed by atoms with Crippen molar-refractivity contribution in [2.24, 2.45) is 7.05 Å². The van der Waals surface area contributed by atoms with Gasteiger partial charge in [-0.25, -0.2) is 0 Å². The first kappa shape index (κ1) is 18.0. The number of benzene rings is 1. The van der Waals surface area contributed by atoms with E-state index < -0.39 is 0 Å². The number of para-hydroxylation sites is 1. The molecule has 1 aromatic carbocycles. The molecule has 2 fully saturated rings. The van der Waals surface area contributed by atoms with E-state index in [1.54, 1.807) is 6.20 Å². The third-order valence-electron chi connectivity index (χ3n) is 6.18. The third-order valence-corrected chi connectivity index (χ3v) is 6.18. The van der Waals surface area contributed by atoms with E-state index in [-0.39, 0.29) is 17.9 Å². The molecule has 0 N–H and O–H groups in total. The molecule has 1 atom stereocenters. The maximum absolute atomic E-state index is 12.9. The number of fused-ring (bicyclic) bond motifs is 1. The Kier molecular flexibility index (Phi) is 4.38. The maximum Gasteiger partial charge on any atom is 0.227 e. The number of rotatable bonds is 4. The van der Waals surface area contributed by atoms with Gasteiger partial charge in [0, 0.05) is 56.4 Å². The van der Waals surface area contributed by atoms with Crippen molar-refractivity contribution < 1.29 is 9.59 Å². The monoisotopic (exact) mass is 391 g/mol. The van der Waals surface area contributed by atoms with E-state index in [1.807, 2.05) is 39.9 Å². The zero-order valence-electron chi connectivity index (χ0n) is 16.6. The second kappa shape index (κ2) is 7.06. The van der Waals surface area contributed by atoms with Crippen LogP contribution in [0.5, 0.6) is 0 Å². The zero-order chi connectivity index (χ0) is 20.0. The summed E-state index contributed by atoms with van der Waals surface area (Å²) in [6.45, 7) is 2.18. The summed E-state index contributed by atoms with van der Waals surface area (Å²) in [6, 6.07) is 8.36. The molecule has 29 heavy (non-hydrogen) atoms. The number of aryl methyl sites for hydroxylation is 1. The normalized spacial score (nSPS) is 19.6. The van der Waals surface area contributed by atoms with Crippen LogP contribution in [0.15, 0.2) is 42.9 Å². The highest BCUT2D eigenvalue weighted by Crippen LogP contribution is 2.27. The van der Waals surface area contributed by atoms with Crippen molar-refractivity contribution in [1.82, 2.24) is 19.2 Å². The first-order chi connectivity index (χ1) is 14.1. The molecule has 2 aliphatic rings. The fraction of sp³-hybridized carbons (Fsp3) is 0.409. The van der Waals surface area contributed by atoms with Crippen LogP contribution in [0.25, 0.3) is 10.9 Å². The minimum absolute atomic E-state index is 0.158. The van der Waals surface area contributed by atoms with Crippen molar-refractivity contribution in [2.45, 2.75) is 31.7 Å². The molecule has 1 unspecified atom stereocenters. The van der Waals surface area contributed by atoms with Gasteiger partial charge in [-0.1, -0.05) is 18.2 Å². The van der Waals surface area contributed by atoms with Crippen LogP contribution in [0.4, 0.5) is 5.69 Å². The van der Waals surface area contributed by atoms with Gasteiger partial charge in [-0.15, -0.1) is 0 Å². The zero-order valence-corrected chi connectivity index (χ0v) is 16.6. The smallest absolute Gasteiger partial charge is 0.227 e. The molecule has 2 amide bonds. The molecular weight excluding hydrogens is 366 g/mol. The number of carbonyl (C=O) groups is 2. The molecule has 0 spiro atoms. The van der Waals surface area contributed by atoms with Crippen molar-refractivity contribution in [3.63, 3.8) is 0 Å². The third kappa shape index (κ3) is 3.20. The van der Waals surface area contributed by atoms with E-state index in [1.165, 1.54) is 0 Å². The van der Waals surface area contributed by atoms with Crippen LogP contribution in [0.1, 0.15) is 30.9 Å². The Hall–Kier alpha value is -3.09. The van der Waals surface area contributed by atoms with Gasteiger partial charge in [0.1, 0.15) is 0 Å². The summed E-state index contributed by atoms with van der Waals surface area (Å²) in [7, 11) is 2.02. The number of hydrogen-bond acceptors (Lipinski definition) is 3. The molecule has 2 aliphatic heterocycles. The predicted octanol–water partition coefficient (Wildman–Crippen LogP) is 2.52. The number of aromatic nitrogens is 3. The summed E-state index contributed by atoms with van der Waals surface area (Å²) < 4.78 is 4.00. The van der Waals surface area contributed by atoms with Gasteiger partial charge in [0.25, 0.3) is 0 Å². The van der Waals surface area contributed by atoms with Crippen LogP contribution < -0.4 is 4.90 Å². The summed E-state index contributed by atoms with van der Waals surface area (Å²) in [6.07, 6.45) is 8.60. The van der Waals surface area contributed by atoms with Crippen molar-refractivity contribution >= 4 is 28.4 Å². The van der Waals surface area contributed by atoms with Crippen LogP contribution in [0.2, 0.25) is 0 Å². The lowest BCUT2D eigenvalue weighted by molar-refractivity contribution is -0.129. The fourth-order valence-corrected chi connectivity index (χ4v) is 4.61. The number of likely N-dealkylation sites (tertiary alicyclic amines) is 1. The molecule has 2 aromatic heterocycles. The van der Waals surface area contributed by atoms with Gasteiger partial charge in [-0.2, -0.15) is 5.10 Å². The standard InChI is InChI=1S/C22H25N5O2/c1-24-13-16(19-5-2-3-6-20(19)24)11-22(29)25-10-8-17(14-25)27-15-18(12-23-27)26-9-4-7-21(26)28/h2-3,5-6,12-13,15,17H,4,7-11,14H2,1H3. The Morgan fingerprint density at radius 1 is 1.21 bits per heavy atom. The van der Waals surface area contributed by atoms with Gasteiger partial charge in [-0.3, -0.25) is 14.3 Å². The second-order valence-corrected chi connectivity index (χ2v) is 8.07. The minimum Gasteiger partial charge on any atom is -0.350 e. The first-order valence-electron chi connectivity index (χ1n) is 10.3. The Labute approximate surface area is 169 Å². The minimum atomic E-state index is 0.158. The van der Waals surface area contributed by atoms with Gasteiger partial charge in [0.15, 0.2) is 0 Å². The predicted molar refractivity (Wildman–Crippen MR) is 111 cm³/mol. The van der Waals surface area contributed by atoms with Crippen LogP contribution in [0.3, 0.4) is 0 Å². The SMILES string of the molecule is Cn1cc(CC(=O)N2CCC(n3cc(N4CCCC4=O)cn3)C2)c2ccccc21. The number of amides is 2. The highest BCUT2D eigenvalue weighted by molar-refractivity contribution is 5.95. The average molecular weight is 391 g/mol. The Balaban J connectivity index is 1.26. The number of anilines is 1. The molecule has 3 aromatic rings. The molecule has 2 saturated heterocycles. The van der Waals surface area contributed by atoms with Gasteiger partial charge >= 0.3 is 0 Å². The van der Waals surface area contributed by atoms with Gasteiger partial charge in [0.2, 0.25) is 11.8 Å². The topological polar surface area (TPSA) is 63.4 Å². The summed E-state index contributed by atoms with van der Waals surface area (Å²) in [5.74, 6) is 0.328. The Morgan fingerprint density at radius 3 is 2.90 bits per heavy atom. The highest BCUT2D eigenvalue weighted by atomic mass is 16.2. The highest BCUT2D eigenvalue weighted by Gasteiger charge is 2.29. The van der Waals surface area contributed by atoms with Crippen LogP contribution in [-0.2, 0) is 23.1 Å². The van der Waals surface area contributed by atoms with Crippen molar-refractivity contribution in [3.05, 3.63) is 48.4 Å². The first-order valence-corrected chi connectivity index (χ1v) is 10.3. The molecule has 4 heterocycles. The summed E-state index contributed by atoms with van der Waals surface area (Å²) in [5, 5.41) is 5.63. The Morgan fingerprint density at radius 2 is 2.07 bits per heavy atom. The molecule has 0 aliphatic carbocycles. The van der Waals surface area contributed by atoms with E-state index in [2.05, 4.69) is 28.0 Å². The second-order valence-electron chi connectivity index (χ2n) is 8.07. The molecule has 150 valence electrons. The molecule has 0 bridgehead atoms. The molecule has 0 saturated carbocycles. The molecule has 7 heteroatoms. The summed E-state index contributed by atoms with van der Waals surface area (Å²) >= 11 is 0. The quantitative estimate of drug-likeness (QED) is 0.687. The van der Waals surface area contributed by atoms with Crippen LogP contribution in [-0.4, -0.2) is 50.7 Å². The average Bonchev–Trinajstić information content (AvgIpc) is 3.49. The van der Waals surface area contributed by atoms with Crippen LogP contribution in [0, 0.1) is 0 Å². The van der Waals surface area contributed by atoms with Crippen LogP contribution >= 0.6 is 0 Å². The van der Waals surface area contributed by atoms with Crippen molar-refractivity contribution in [3.8, 4) is 0 Å². The maximum atomic E-state index is 12.9. The van der Waals surface area contributed by atoms with Gasteiger partial charge in [0.05, 0.1) is 24.3 Å². The number of carbonyl (C=O) groups excluding carboxylic acids is 2. The van der Waals surface area contributed by atoms with E-state index in [0.29, 0.717) is 19.4 Å². The molecule has 7 nitrogen and oxygen atoms in total. The lowest BCUT2D eigenvalue weighted by Crippen LogP contribution is -2.30. The molecule has 5 rings (SSSR count). The largest absolute Gasteiger partial charge is 0.350 e. The summed E-state index contributed by atoms with van der Waals surface area (Å²) in [5.41, 5.74) is 3.09. The summed E-state index contributed by atoms with van der Waals surface area (Å²) in [4.78, 5) is 28.6. The van der Waals surface area contributed by atoms with Gasteiger partial charge < -0.3 is 14.4 Å². The Bertz CT molecular complexity index is 1080. The number of nitrogens with zero attached hydrogens (tertiary/aromatic N) is 5.